The van der Waals surface area contributed by atoms with Crippen LogP contribution in [-0.4, -0.2) is 23.7 Å². The number of hydrogen-bond donors (Lipinski definition) is 2. The van der Waals surface area contributed by atoms with Crippen LogP contribution in [-0.2, 0) is 17.4 Å². The molecule has 0 radical (unpaired) electrons. The number of aliphatic carboxylic acids is 1. The van der Waals surface area contributed by atoms with E-state index in [1.54, 1.807) is 6.07 Å². The lowest BCUT2D eigenvalue weighted by molar-refractivity contribution is -0.140. The van der Waals surface area contributed by atoms with E-state index in [-0.39, 0.29) is 5.92 Å². The van der Waals surface area contributed by atoms with Gasteiger partial charge < -0.3 is 10.4 Å². The second-order valence-corrected chi connectivity index (χ2v) is 4.72. The topological polar surface area (TPSA) is 49.3 Å². The molecule has 1 heterocycles. The molecule has 2 rings (SSSR count). The van der Waals surface area contributed by atoms with Gasteiger partial charge in [0.1, 0.15) is 6.04 Å². The van der Waals surface area contributed by atoms with Gasteiger partial charge in [0, 0.05) is 0 Å². The monoisotopic (exact) mass is 273 g/mol. The molecule has 2 atom stereocenters. The van der Waals surface area contributed by atoms with Crippen LogP contribution < -0.4 is 5.32 Å². The SMILES string of the molecule is O=C(O)[C@H]1NCCC1Cc1cccc(C(F)(F)F)c1. The van der Waals surface area contributed by atoms with E-state index in [4.69, 9.17) is 5.11 Å². The molecular weight excluding hydrogens is 259 g/mol. The number of carboxylic acids is 1. The number of hydrogen-bond acceptors (Lipinski definition) is 2. The van der Waals surface area contributed by atoms with E-state index in [1.807, 2.05) is 0 Å². The summed E-state index contributed by atoms with van der Waals surface area (Å²) in [6.07, 6.45) is -3.36. The Labute approximate surface area is 108 Å². The van der Waals surface area contributed by atoms with Gasteiger partial charge >= 0.3 is 12.1 Å². The van der Waals surface area contributed by atoms with Gasteiger partial charge in [0.2, 0.25) is 0 Å². The Morgan fingerprint density at radius 2 is 2.16 bits per heavy atom. The minimum absolute atomic E-state index is 0.166. The first-order chi connectivity index (χ1) is 8.88. The summed E-state index contributed by atoms with van der Waals surface area (Å²) in [5, 5.41) is 11.9. The average Bonchev–Trinajstić information content (AvgIpc) is 2.76. The van der Waals surface area contributed by atoms with Gasteiger partial charge in [0.15, 0.2) is 0 Å². The highest BCUT2D eigenvalue weighted by Crippen LogP contribution is 2.30. The van der Waals surface area contributed by atoms with Gasteiger partial charge in [-0.15, -0.1) is 0 Å². The Kier molecular flexibility index (Phi) is 3.80. The third-order valence-electron chi connectivity index (χ3n) is 3.37. The van der Waals surface area contributed by atoms with Gasteiger partial charge in [0.25, 0.3) is 0 Å². The lowest BCUT2D eigenvalue weighted by Crippen LogP contribution is -2.36. The molecule has 0 amide bonds. The van der Waals surface area contributed by atoms with Gasteiger partial charge in [0.05, 0.1) is 5.56 Å². The summed E-state index contributed by atoms with van der Waals surface area (Å²) < 4.78 is 37.7. The molecule has 1 aromatic carbocycles. The van der Waals surface area contributed by atoms with Gasteiger partial charge in [-0.2, -0.15) is 13.2 Å². The van der Waals surface area contributed by atoms with E-state index in [1.165, 1.54) is 6.07 Å². The first-order valence-electron chi connectivity index (χ1n) is 6.00. The number of nitrogens with one attached hydrogen (secondary N) is 1. The van der Waals surface area contributed by atoms with Crippen molar-refractivity contribution in [3.8, 4) is 0 Å². The van der Waals surface area contributed by atoms with Crippen LogP contribution in [0.3, 0.4) is 0 Å². The zero-order chi connectivity index (χ0) is 14.0. The first-order valence-corrected chi connectivity index (χ1v) is 6.00. The van der Waals surface area contributed by atoms with Crippen molar-refractivity contribution in [2.45, 2.75) is 25.1 Å². The molecular formula is C13H14F3NO2. The minimum Gasteiger partial charge on any atom is -0.480 e. The van der Waals surface area contributed by atoms with Crippen molar-refractivity contribution in [1.82, 2.24) is 5.32 Å². The summed E-state index contributed by atoms with van der Waals surface area (Å²) in [4.78, 5) is 11.0. The summed E-state index contributed by atoms with van der Waals surface area (Å²) in [5.74, 6) is -1.12. The first kappa shape index (κ1) is 13.9. The largest absolute Gasteiger partial charge is 0.480 e. The normalized spacial score (nSPS) is 23.5. The standard InChI is InChI=1S/C13H14F3NO2/c14-13(15,16)10-3-1-2-8(7-10)6-9-4-5-17-11(9)12(18)19/h1-3,7,9,11,17H,4-6H2,(H,18,19)/t9?,11-/m0/s1. The molecule has 1 saturated heterocycles. The smallest absolute Gasteiger partial charge is 0.416 e. The van der Waals surface area contributed by atoms with E-state index in [9.17, 15) is 18.0 Å². The second-order valence-electron chi connectivity index (χ2n) is 4.72. The maximum Gasteiger partial charge on any atom is 0.416 e. The highest BCUT2D eigenvalue weighted by molar-refractivity contribution is 5.74. The van der Waals surface area contributed by atoms with Crippen LogP contribution in [0.25, 0.3) is 0 Å². The quantitative estimate of drug-likeness (QED) is 0.888. The van der Waals surface area contributed by atoms with E-state index in [0.717, 1.165) is 12.1 Å². The third kappa shape index (κ3) is 3.26. The average molecular weight is 273 g/mol. The molecule has 2 N–H and O–H groups in total. The zero-order valence-electron chi connectivity index (χ0n) is 10.1. The van der Waals surface area contributed by atoms with Crippen molar-refractivity contribution in [3.63, 3.8) is 0 Å². The number of halogens is 3. The molecule has 1 unspecified atom stereocenters. The fourth-order valence-electron chi connectivity index (χ4n) is 2.44. The molecule has 0 saturated carbocycles. The molecule has 3 nitrogen and oxygen atoms in total. The Balaban J connectivity index is 2.13. The summed E-state index contributed by atoms with van der Waals surface area (Å²) >= 11 is 0. The second kappa shape index (κ2) is 5.21. The lowest BCUT2D eigenvalue weighted by Gasteiger charge is -2.16. The van der Waals surface area contributed by atoms with Crippen LogP contribution in [0, 0.1) is 5.92 Å². The van der Waals surface area contributed by atoms with E-state index in [2.05, 4.69) is 5.32 Å². The van der Waals surface area contributed by atoms with Crippen molar-refractivity contribution >= 4 is 5.97 Å². The molecule has 0 aliphatic carbocycles. The molecule has 19 heavy (non-hydrogen) atoms. The maximum atomic E-state index is 12.6. The van der Waals surface area contributed by atoms with E-state index in [0.29, 0.717) is 24.9 Å². The van der Waals surface area contributed by atoms with Gasteiger partial charge in [-0.3, -0.25) is 4.79 Å². The van der Waals surface area contributed by atoms with Crippen LogP contribution in [0.5, 0.6) is 0 Å². The fraction of sp³-hybridized carbons (Fsp3) is 0.462. The fourth-order valence-corrected chi connectivity index (χ4v) is 2.44. The van der Waals surface area contributed by atoms with Crippen LogP contribution in [0.2, 0.25) is 0 Å². The predicted octanol–water partition coefficient (Wildman–Crippen LogP) is 2.31. The maximum absolute atomic E-state index is 12.6. The molecule has 1 aromatic rings. The highest BCUT2D eigenvalue weighted by atomic mass is 19.4. The van der Waals surface area contributed by atoms with Crippen molar-refractivity contribution in [1.29, 1.82) is 0 Å². The molecule has 0 bridgehead atoms. The number of carbonyl (C=O) groups is 1. The number of rotatable bonds is 3. The third-order valence-corrected chi connectivity index (χ3v) is 3.37. The lowest BCUT2D eigenvalue weighted by atomic mass is 9.92. The van der Waals surface area contributed by atoms with Crippen LogP contribution in [0.1, 0.15) is 17.5 Å². The van der Waals surface area contributed by atoms with Crippen molar-refractivity contribution in [3.05, 3.63) is 35.4 Å². The van der Waals surface area contributed by atoms with Crippen LogP contribution in [0.4, 0.5) is 13.2 Å². The minimum atomic E-state index is -4.36. The van der Waals surface area contributed by atoms with Gasteiger partial charge in [-0.25, -0.2) is 0 Å². The molecule has 0 aromatic heterocycles. The molecule has 0 spiro atoms. The van der Waals surface area contributed by atoms with Crippen molar-refractivity contribution in [2.75, 3.05) is 6.54 Å². The number of alkyl halides is 3. The molecule has 6 heteroatoms. The summed E-state index contributed by atoms with van der Waals surface area (Å²) in [5.41, 5.74) is -0.169. The molecule has 1 fully saturated rings. The Morgan fingerprint density at radius 3 is 2.79 bits per heavy atom. The zero-order valence-corrected chi connectivity index (χ0v) is 10.1. The predicted molar refractivity (Wildman–Crippen MR) is 62.7 cm³/mol. The Bertz CT molecular complexity index is 473. The van der Waals surface area contributed by atoms with Crippen LogP contribution in [0.15, 0.2) is 24.3 Å². The molecule has 1 aliphatic heterocycles. The van der Waals surface area contributed by atoms with E-state index >= 15 is 0 Å². The molecule has 1 aliphatic rings. The summed E-state index contributed by atoms with van der Waals surface area (Å²) in [6, 6.07) is 4.40. The Morgan fingerprint density at radius 1 is 1.42 bits per heavy atom. The van der Waals surface area contributed by atoms with Crippen molar-refractivity contribution in [2.24, 2.45) is 5.92 Å². The van der Waals surface area contributed by atoms with Gasteiger partial charge in [-0.1, -0.05) is 18.2 Å². The van der Waals surface area contributed by atoms with Gasteiger partial charge in [-0.05, 0) is 36.9 Å². The highest BCUT2D eigenvalue weighted by Gasteiger charge is 2.34. The summed E-state index contributed by atoms with van der Waals surface area (Å²) in [7, 11) is 0. The number of carboxylic acid groups (broad SMARTS) is 1. The van der Waals surface area contributed by atoms with Crippen molar-refractivity contribution < 1.29 is 23.1 Å². The molecule has 104 valence electrons. The Hall–Kier alpha value is -1.56. The number of benzene rings is 1. The summed E-state index contributed by atoms with van der Waals surface area (Å²) in [6.45, 7) is 0.584. The van der Waals surface area contributed by atoms with Crippen LogP contribution >= 0.6 is 0 Å². The van der Waals surface area contributed by atoms with E-state index < -0.39 is 23.8 Å².